The van der Waals surface area contributed by atoms with Gasteiger partial charge in [-0.2, -0.15) is 5.10 Å². The zero-order valence-electron chi connectivity index (χ0n) is 18.7. The fourth-order valence-corrected chi connectivity index (χ4v) is 4.41. The Labute approximate surface area is 206 Å². The molecule has 6 nitrogen and oxygen atoms in total. The largest absolute Gasteiger partial charge is 0.382 e. The Morgan fingerprint density at radius 2 is 1.94 bits per heavy atom. The molecule has 0 fully saturated rings. The van der Waals surface area contributed by atoms with E-state index in [2.05, 4.69) is 5.10 Å². The van der Waals surface area contributed by atoms with E-state index in [1.165, 1.54) is 21.7 Å². The van der Waals surface area contributed by atoms with Crippen molar-refractivity contribution in [1.82, 2.24) is 9.78 Å². The summed E-state index contributed by atoms with van der Waals surface area (Å²) in [6.07, 6.45) is 0.363. The Morgan fingerprint density at radius 1 is 1.15 bits per heavy atom. The van der Waals surface area contributed by atoms with Gasteiger partial charge < -0.3 is 14.4 Å². The van der Waals surface area contributed by atoms with E-state index in [-0.39, 0.29) is 47.1 Å². The number of fused-ring (bicyclic) bond motifs is 1. The summed E-state index contributed by atoms with van der Waals surface area (Å²) in [5, 5.41) is 4.51. The van der Waals surface area contributed by atoms with Gasteiger partial charge in [-0.1, -0.05) is 41.4 Å². The first kappa shape index (κ1) is 24.6. The van der Waals surface area contributed by atoms with Crippen LogP contribution in [-0.2, 0) is 29.0 Å². The number of ether oxygens (including phenoxy) is 2. The summed E-state index contributed by atoms with van der Waals surface area (Å²) in [7, 11) is 1.57. The SMILES string of the molecule is COCCOCc1cc(Cl)c(F)c(N2CCc3c(nn(Cc4cccc(C)c4F)c3Cl)C2=O)c1. The van der Waals surface area contributed by atoms with Gasteiger partial charge in [0.2, 0.25) is 0 Å². The summed E-state index contributed by atoms with van der Waals surface area (Å²) in [5.74, 6) is -1.55. The fourth-order valence-electron chi connectivity index (χ4n) is 3.89. The van der Waals surface area contributed by atoms with Crippen LogP contribution < -0.4 is 4.90 Å². The summed E-state index contributed by atoms with van der Waals surface area (Å²) >= 11 is 12.6. The third kappa shape index (κ3) is 4.81. The molecule has 3 aromatic rings. The Bertz CT molecular complexity index is 1230. The zero-order chi connectivity index (χ0) is 24.4. The predicted octanol–water partition coefficient (Wildman–Crippen LogP) is 5.19. The number of carbonyl (C=O) groups excluding carboxylic acids is 1. The van der Waals surface area contributed by atoms with Crippen LogP contribution in [-0.4, -0.2) is 42.6 Å². The van der Waals surface area contributed by atoms with Crippen molar-refractivity contribution >= 4 is 34.8 Å². The first-order chi connectivity index (χ1) is 16.3. The van der Waals surface area contributed by atoms with Gasteiger partial charge in [-0.25, -0.2) is 13.5 Å². The lowest BCUT2D eigenvalue weighted by Crippen LogP contribution is -2.38. The lowest BCUT2D eigenvalue weighted by molar-refractivity contribution is 0.0616. The highest BCUT2D eigenvalue weighted by atomic mass is 35.5. The van der Waals surface area contributed by atoms with E-state index >= 15 is 0 Å². The van der Waals surface area contributed by atoms with Crippen molar-refractivity contribution in [1.29, 1.82) is 0 Å². The first-order valence-electron chi connectivity index (χ1n) is 10.7. The number of nitrogens with zero attached hydrogens (tertiary/aromatic N) is 3. The summed E-state index contributed by atoms with van der Waals surface area (Å²) < 4.78 is 41.3. The topological polar surface area (TPSA) is 56.6 Å². The van der Waals surface area contributed by atoms with Crippen molar-refractivity contribution in [2.75, 3.05) is 31.8 Å². The van der Waals surface area contributed by atoms with E-state index in [0.29, 0.717) is 41.9 Å². The summed E-state index contributed by atoms with van der Waals surface area (Å²) in [6.45, 7) is 2.91. The van der Waals surface area contributed by atoms with Gasteiger partial charge in [0.15, 0.2) is 11.5 Å². The molecule has 0 N–H and O–H groups in total. The van der Waals surface area contributed by atoms with E-state index in [1.54, 1.807) is 32.2 Å². The van der Waals surface area contributed by atoms with Crippen molar-refractivity contribution < 1.29 is 23.0 Å². The number of benzene rings is 2. The van der Waals surface area contributed by atoms with Gasteiger partial charge in [-0.05, 0) is 36.6 Å². The number of rotatable bonds is 8. The van der Waals surface area contributed by atoms with Crippen LogP contribution in [0, 0.1) is 18.6 Å². The molecule has 0 aliphatic carbocycles. The zero-order valence-corrected chi connectivity index (χ0v) is 20.2. The highest BCUT2D eigenvalue weighted by molar-refractivity contribution is 6.32. The monoisotopic (exact) mass is 509 g/mol. The van der Waals surface area contributed by atoms with Gasteiger partial charge in [0, 0.05) is 24.8 Å². The molecule has 0 radical (unpaired) electrons. The summed E-state index contributed by atoms with van der Waals surface area (Å²) in [6, 6.07) is 8.07. The van der Waals surface area contributed by atoms with Gasteiger partial charge >= 0.3 is 0 Å². The molecule has 1 aliphatic rings. The third-order valence-electron chi connectivity index (χ3n) is 5.67. The molecule has 0 spiro atoms. The van der Waals surface area contributed by atoms with Crippen molar-refractivity contribution in [2.45, 2.75) is 26.5 Å². The quantitative estimate of drug-likeness (QED) is 0.392. The maximum absolute atomic E-state index is 14.9. The van der Waals surface area contributed by atoms with E-state index in [4.69, 9.17) is 32.7 Å². The van der Waals surface area contributed by atoms with E-state index < -0.39 is 11.7 Å². The van der Waals surface area contributed by atoms with Crippen molar-refractivity contribution in [3.63, 3.8) is 0 Å². The van der Waals surface area contributed by atoms with Crippen LogP contribution in [0.4, 0.5) is 14.5 Å². The number of aromatic nitrogens is 2. The molecule has 10 heteroatoms. The molecule has 1 aromatic heterocycles. The molecule has 0 atom stereocenters. The van der Waals surface area contributed by atoms with Crippen LogP contribution in [0.3, 0.4) is 0 Å². The number of amides is 1. The molecule has 2 heterocycles. The molecule has 0 bridgehead atoms. The van der Waals surface area contributed by atoms with Crippen molar-refractivity contribution in [3.8, 4) is 0 Å². The van der Waals surface area contributed by atoms with E-state index in [9.17, 15) is 13.6 Å². The second kappa shape index (κ2) is 10.4. The van der Waals surface area contributed by atoms with Gasteiger partial charge in [0.05, 0.1) is 37.1 Å². The number of hydrogen-bond acceptors (Lipinski definition) is 4. The number of anilines is 1. The third-order valence-corrected chi connectivity index (χ3v) is 6.37. The van der Waals surface area contributed by atoms with Crippen LogP contribution in [0.25, 0.3) is 0 Å². The molecule has 1 amide bonds. The molecule has 0 saturated heterocycles. The van der Waals surface area contributed by atoms with Crippen LogP contribution in [0.5, 0.6) is 0 Å². The molecule has 1 aliphatic heterocycles. The van der Waals surface area contributed by atoms with Gasteiger partial charge in [-0.3, -0.25) is 4.79 Å². The Morgan fingerprint density at radius 3 is 2.71 bits per heavy atom. The molecule has 2 aromatic carbocycles. The molecular weight excluding hydrogens is 487 g/mol. The minimum Gasteiger partial charge on any atom is -0.382 e. The Kier molecular flexibility index (Phi) is 7.52. The summed E-state index contributed by atoms with van der Waals surface area (Å²) in [5.41, 5.74) is 2.25. The van der Waals surface area contributed by atoms with Crippen LogP contribution in [0.2, 0.25) is 10.2 Å². The van der Waals surface area contributed by atoms with Gasteiger partial charge in [0.1, 0.15) is 11.0 Å². The number of carbonyl (C=O) groups is 1. The lowest BCUT2D eigenvalue weighted by Gasteiger charge is -2.27. The minimum atomic E-state index is -0.702. The molecule has 0 unspecified atom stereocenters. The first-order valence-corrected chi connectivity index (χ1v) is 11.4. The fraction of sp³-hybridized carbons (Fsp3) is 0.333. The number of methoxy groups -OCH3 is 1. The molecule has 34 heavy (non-hydrogen) atoms. The average Bonchev–Trinajstić information content (AvgIpc) is 3.13. The van der Waals surface area contributed by atoms with E-state index in [1.807, 2.05) is 0 Å². The standard InChI is InChI=1S/C24H23Cl2F2N3O3/c1-14-4-3-5-16(20(14)27)12-31-23(26)17-6-7-30(24(32)22(17)29-31)19-11-15(10-18(25)21(19)28)13-34-9-8-33-2/h3-5,10-11H,6-9,12-13H2,1-2H3. The van der Waals surface area contributed by atoms with Gasteiger partial charge in [0.25, 0.3) is 5.91 Å². The highest BCUT2D eigenvalue weighted by Gasteiger charge is 2.33. The molecular formula is C24H23Cl2F2N3O3. The molecule has 0 saturated carbocycles. The number of aryl methyl sites for hydroxylation is 1. The molecule has 180 valence electrons. The maximum atomic E-state index is 14.9. The van der Waals surface area contributed by atoms with E-state index in [0.717, 1.165) is 0 Å². The predicted molar refractivity (Wildman–Crippen MR) is 126 cm³/mol. The van der Waals surface area contributed by atoms with Crippen LogP contribution in [0.1, 0.15) is 32.7 Å². The molecule has 4 rings (SSSR count). The maximum Gasteiger partial charge on any atom is 0.279 e. The van der Waals surface area contributed by atoms with Gasteiger partial charge in [-0.15, -0.1) is 0 Å². The highest BCUT2D eigenvalue weighted by Crippen LogP contribution is 2.34. The minimum absolute atomic E-state index is 0.0453. The second-order valence-corrected chi connectivity index (χ2v) is 8.75. The average molecular weight is 510 g/mol. The normalized spacial score (nSPS) is 13.5. The van der Waals surface area contributed by atoms with Crippen LogP contribution >= 0.6 is 23.2 Å². The van der Waals surface area contributed by atoms with Crippen LogP contribution in [0.15, 0.2) is 30.3 Å². The van der Waals surface area contributed by atoms with Crippen molar-refractivity contribution in [3.05, 3.63) is 80.1 Å². The number of halogens is 4. The summed E-state index contributed by atoms with van der Waals surface area (Å²) in [4.78, 5) is 14.6. The van der Waals surface area contributed by atoms with Crippen molar-refractivity contribution in [2.24, 2.45) is 0 Å². The number of hydrogen-bond donors (Lipinski definition) is 0. The Hall–Kier alpha value is -2.52. The second-order valence-electron chi connectivity index (χ2n) is 7.99. The Balaban J connectivity index is 1.61. The smallest absolute Gasteiger partial charge is 0.279 e. The lowest BCUT2D eigenvalue weighted by atomic mass is 10.1.